The molecule has 1 unspecified atom stereocenters. The van der Waals surface area contributed by atoms with E-state index < -0.39 is 0 Å². The highest BCUT2D eigenvalue weighted by molar-refractivity contribution is 5.13. The summed E-state index contributed by atoms with van der Waals surface area (Å²) in [6, 6.07) is 10.3. The van der Waals surface area contributed by atoms with Gasteiger partial charge in [0.15, 0.2) is 0 Å². The normalized spacial score (nSPS) is 13.5. The van der Waals surface area contributed by atoms with E-state index >= 15 is 0 Å². The molecule has 0 aliphatic heterocycles. The summed E-state index contributed by atoms with van der Waals surface area (Å²) in [6.45, 7) is 7.22. The van der Waals surface area contributed by atoms with Crippen LogP contribution in [0.3, 0.4) is 0 Å². The Kier molecular flexibility index (Phi) is 5.87. The molecular weight excluding hydrogens is 196 g/mol. The first-order valence-corrected chi connectivity index (χ1v) is 6.06. The minimum absolute atomic E-state index is 0.222. The van der Waals surface area contributed by atoms with Crippen LogP contribution in [0.2, 0.25) is 0 Å². The topological polar surface area (TPSA) is 9.23 Å². The fourth-order valence-corrected chi connectivity index (χ4v) is 1.51. The smallest absolute Gasteiger partial charge is 0.0783 e. The lowest BCUT2D eigenvalue weighted by atomic mass is 10.1. The molecule has 1 heteroatoms. The van der Waals surface area contributed by atoms with Crippen molar-refractivity contribution in [1.29, 1.82) is 0 Å². The second-order valence-corrected chi connectivity index (χ2v) is 4.34. The Hall–Kier alpha value is -1.08. The number of hydrogen-bond acceptors (Lipinski definition) is 1. The highest BCUT2D eigenvalue weighted by Gasteiger charge is 2.09. The molecule has 0 spiro atoms. The van der Waals surface area contributed by atoms with Crippen molar-refractivity contribution in [3.8, 4) is 0 Å². The van der Waals surface area contributed by atoms with Gasteiger partial charge in [-0.1, -0.05) is 63.3 Å². The van der Waals surface area contributed by atoms with Gasteiger partial charge in [-0.05, 0) is 17.9 Å². The van der Waals surface area contributed by atoms with Crippen molar-refractivity contribution < 1.29 is 4.74 Å². The Morgan fingerprint density at radius 2 is 1.88 bits per heavy atom. The maximum Gasteiger partial charge on any atom is 0.0783 e. The van der Waals surface area contributed by atoms with E-state index in [0.717, 1.165) is 6.42 Å². The predicted octanol–water partition coefficient (Wildman–Crippen LogP) is 4.19. The molecule has 1 aromatic rings. The minimum atomic E-state index is 0.222. The number of ether oxygens (including phenoxy) is 1. The Bertz CT molecular complexity index is 300. The van der Waals surface area contributed by atoms with Crippen molar-refractivity contribution in [3.63, 3.8) is 0 Å². The van der Waals surface area contributed by atoms with Crippen LogP contribution in [0, 0.1) is 5.92 Å². The van der Waals surface area contributed by atoms with E-state index in [4.69, 9.17) is 4.74 Å². The highest BCUT2D eigenvalue weighted by atomic mass is 16.5. The van der Waals surface area contributed by atoms with Crippen molar-refractivity contribution in [3.05, 3.63) is 48.0 Å². The quantitative estimate of drug-likeness (QED) is 0.650. The fourth-order valence-electron chi connectivity index (χ4n) is 1.51. The first kappa shape index (κ1) is 13.0. The Morgan fingerprint density at radius 3 is 2.44 bits per heavy atom. The maximum absolute atomic E-state index is 5.90. The molecule has 0 saturated heterocycles. The monoisotopic (exact) mass is 218 g/mol. The summed E-state index contributed by atoms with van der Waals surface area (Å²) in [5.41, 5.74) is 1.23. The second kappa shape index (κ2) is 7.24. The average molecular weight is 218 g/mol. The van der Waals surface area contributed by atoms with Crippen LogP contribution in [0.15, 0.2) is 42.5 Å². The van der Waals surface area contributed by atoms with E-state index in [0.29, 0.717) is 12.5 Å². The lowest BCUT2D eigenvalue weighted by Gasteiger charge is -2.18. The van der Waals surface area contributed by atoms with Crippen LogP contribution in [0.4, 0.5) is 0 Å². The molecule has 0 radical (unpaired) electrons. The Balaban J connectivity index is 2.47. The number of rotatable bonds is 6. The summed E-state index contributed by atoms with van der Waals surface area (Å²) in [5, 5.41) is 0. The standard InChI is InChI=1S/C15H22O/c1-4-5-11-15(13(2)3)16-12-14-9-7-6-8-10-14/h5-11,13,15H,4,12H2,1-3H3/b11-5+. The summed E-state index contributed by atoms with van der Waals surface area (Å²) in [4.78, 5) is 0. The van der Waals surface area contributed by atoms with Gasteiger partial charge in [-0.3, -0.25) is 0 Å². The van der Waals surface area contributed by atoms with E-state index in [1.807, 2.05) is 18.2 Å². The van der Waals surface area contributed by atoms with Crippen LogP contribution < -0.4 is 0 Å². The number of benzene rings is 1. The molecule has 0 fully saturated rings. The molecule has 1 rings (SSSR count). The lowest BCUT2D eigenvalue weighted by molar-refractivity contribution is 0.0427. The van der Waals surface area contributed by atoms with Gasteiger partial charge < -0.3 is 4.74 Å². The largest absolute Gasteiger partial charge is 0.369 e. The van der Waals surface area contributed by atoms with Gasteiger partial charge >= 0.3 is 0 Å². The van der Waals surface area contributed by atoms with Crippen LogP contribution >= 0.6 is 0 Å². The zero-order valence-electron chi connectivity index (χ0n) is 10.5. The molecule has 88 valence electrons. The summed E-state index contributed by atoms with van der Waals surface area (Å²) in [5.74, 6) is 0.520. The van der Waals surface area contributed by atoms with Crippen molar-refractivity contribution in [2.75, 3.05) is 0 Å². The first-order chi connectivity index (χ1) is 7.74. The van der Waals surface area contributed by atoms with E-state index in [2.05, 4.69) is 45.1 Å². The molecule has 0 aliphatic rings. The van der Waals surface area contributed by atoms with Crippen molar-refractivity contribution in [2.24, 2.45) is 5.92 Å². The van der Waals surface area contributed by atoms with Gasteiger partial charge in [0.1, 0.15) is 0 Å². The van der Waals surface area contributed by atoms with Crippen molar-refractivity contribution in [2.45, 2.75) is 39.9 Å². The molecule has 1 atom stereocenters. The molecule has 0 aliphatic carbocycles. The molecule has 0 aromatic heterocycles. The third-order valence-electron chi connectivity index (χ3n) is 2.50. The molecule has 0 amide bonds. The second-order valence-electron chi connectivity index (χ2n) is 4.34. The molecule has 1 aromatic carbocycles. The van der Waals surface area contributed by atoms with Gasteiger partial charge in [-0.15, -0.1) is 0 Å². The predicted molar refractivity (Wildman–Crippen MR) is 69.3 cm³/mol. The SMILES string of the molecule is CC/C=C/C(OCc1ccccc1)C(C)C. The lowest BCUT2D eigenvalue weighted by Crippen LogP contribution is -2.16. The highest BCUT2D eigenvalue weighted by Crippen LogP contribution is 2.12. The number of allylic oxidation sites excluding steroid dienone is 1. The summed E-state index contributed by atoms with van der Waals surface area (Å²) < 4.78 is 5.90. The van der Waals surface area contributed by atoms with Crippen LogP contribution in [0.25, 0.3) is 0 Å². The molecule has 0 bridgehead atoms. The fraction of sp³-hybridized carbons (Fsp3) is 0.467. The van der Waals surface area contributed by atoms with Crippen LogP contribution in [-0.2, 0) is 11.3 Å². The van der Waals surface area contributed by atoms with Gasteiger partial charge in [0.05, 0.1) is 12.7 Å². The van der Waals surface area contributed by atoms with E-state index in [1.54, 1.807) is 0 Å². The maximum atomic E-state index is 5.90. The van der Waals surface area contributed by atoms with Crippen LogP contribution in [0.5, 0.6) is 0 Å². The molecular formula is C15H22O. The zero-order valence-corrected chi connectivity index (χ0v) is 10.5. The van der Waals surface area contributed by atoms with Gasteiger partial charge in [-0.2, -0.15) is 0 Å². The van der Waals surface area contributed by atoms with Gasteiger partial charge in [0, 0.05) is 0 Å². The number of hydrogen-bond donors (Lipinski definition) is 0. The van der Waals surface area contributed by atoms with Gasteiger partial charge in [0.25, 0.3) is 0 Å². The van der Waals surface area contributed by atoms with Crippen molar-refractivity contribution in [1.82, 2.24) is 0 Å². The Labute approximate surface area is 99.1 Å². The first-order valence-electron chi connectivity index (χ1n) is 6.06. The third-order valence-corrected chi connectivity index (χ3v) is 2.50. The van der Waals surface area contributed by atoms with Gasteiger partial charge in [0.2, 0.25) is 0 Å². The van der Waals surface area contributed by atoms with Crippen LogP contribution in [-0.4, -0.2) is 6.10 Å². The minimum Gasteiger partial charge on any atom is -0.369 e. The van der Waals surface area contributed by atoms with Crippen molar-refractivity contribution >= 4 is 0 Å². The summed E-state index contributed by atoms with van der Waals surface area (Å²) >= 11 is 0. The van der Waals surface area contributed by atoms with Crippen LogP contribution in [0.1, 0.15) is 32.8 Å². The molecule has 0 heterocycles. The molecule has 0 N–H and O–H groups in total. The van der Waals surface area contributed by atoms with Gasteiger partial charge in [-0.25, -0.2) is 0 Å². The van der Waals surface area contributed by atoms with E-state index in [9.17, 15) is 0 Å². The summed E-state index contributed by atoms with van der Waals surface area (Å²) in [6.07, 6.45) is 5.64. The summed E-state index contributed by atoms with van der Waals surface area (Å²) in [7, 11) is 0. The average Bonchev–Trinajstić information content (AvgIpc) is 2.30. The zero-order chi connectivity index (χ0) is 11.8. The third kappa shape index (κ3) is 4.63. The van der Waals surface area contributed by atoms with E-state index in [-0.39, 0.29) is 6.10 Å². The molecule has 0 saturated carbocycles. The Morgan fingerprint density at radius 1 is 1.19 bits per heavy atom. The molecule has 1 nitrogen and oxygen atoms in total. The molecule has 16 heavy (non-hydrogen) atoms. The van der Waals surface area contributed by atoms with E-state index in [1.165, 1.54) is 5.56 Å².